The van der Waals surface area contributed by atoms with Crippen molar-refractivity contribution in [1.82, 2.24) is 5.32 Å². The zero-order valence-electron chi connectivity index (χ0n) is 5.59. The van der Waals surface area contributed by atoms with Crippen LogP contribution in [0.25, 0.3) is 0 Å². The first-order valence-electron chi connectivity index (χ1n) is 2.70. The Morgan fingerprint density at radius 1 is 1.80 bits per heavy atom. The molecule has 0 fully saturated rings. The van der Waals surface area contributed by atoms with Crippen molar-refractivity contribution in [2.45, 2.75) is 6.42 Å². The van der Waals surface area contributed by atoms with Crippen LogP contribution >= 0.6 is 24.0 Å². The maximum Gasteiger partial charge on any atom is 0.305 e. The monoisotopic (exact) mass is 179 g/mol. The van der Waals surface area contributed by atoms with E-state index < -0.39 is 5.97 Å². The van der Waals surface area contributed by atoms with Crippen molar-refractivity contribution in [1.29, 1.82) is 0 Å². The van der Waals surface area contributed by atoms with Gasteiger partial charge in [-0.15, -0.1) is 11.8 Å². The van der Waals surface area contributed by atoms with E-state index in [1.165, 1.54) is 11.8 Å². The van der Waals surface area contributed by atoms with Gasteiger partial charge in [-0.2, -0.15) is 0 Å². The lowest BCUT2D eigenvalue weighted by Gasteiger charge is -2.00. The molecule has 0 heterocycles. The van der Waals surface area contributed by atoms with Gasteiger partial charge in [-0.05, 0) is 6.26 Å². The Hall–Kier alpha value is -0.290. The summed E-state index contributed by atoms with van der Waals surface area (Å²) in [7, 11) is 0. The molecule has 0 atom stereocenters. The van der Waals surface area contributed by atoms with Gasteiger partial charge in [0.25, 0.3) is 0 Å². The number of aliphatic carboxylic acids is 1. The molecule has 0 saturated carbocycles. The number of carboxylic acid groups (broad SMARTS) is 1. The van der Waals surface area contributed by atoms with E-state index >= 15 is 0 Å². The Labute approximate surface area is 69.2 Å². The van der Waals surface area contributed by atoms with Gasteiger partial charge in [0, 0.05) is 6.54 Å². The molecule has 0 aromatic carbocycles. The summed E-state index contributed by atoms with van der Waals surface area (Å²) in [5.41, 5.74) is 0. The summed E-state index contributed by atoms with van der Waals surface area (Å²) in [5.74, 6) is -0.809. The Morgan fingerprint density at radius 3 is 2.80 bits per heavy atom. The van der Waals surface area contributed by atoms with E-state index in [-0.39, 0.29) is 6.42 Å². The number of hydrogen-bond acceptors (Lipinski definition) is 3. The van der Waals surface area contributed by atoms with E-state index in [2.05, 4.69) is 5.32 Å². The molecule has 5 heteroatoms. The zero-order chi connectivity index (χ0) is 7.98. The molecular formula is C5H9NO2S2. The predicted molar refractivity (Wildman–Crippen MR) is 46.4 cm³/mol. The molecule has 0 aromatic heterocycles. The molecule has 0 aliphatic rings. The summed E-state index contributed by atoms with van der Waals surface area (Å²) in [6.07, 6.45) is 1.96. The topological polar surface area (TPSA) is 49.3 Å². The second-order valence-electron chi connectivity index (χ2n) is 1.56. The number of carboxylic acids is 1. The van der Waals surface area contributed by atoms with Gasteiger partial charge in [-0.3, -0.25) is 4.79 Å². The number of thiocarbonyl (C=S) groups is 1. The lowest BCUT2D eigenvalue weighted by atomic mass is 10.4. The number of carbonyl (C=O) groups is 1. The van der Waals surface area contributed by atoms with Crippen molar-refractivity contribution >= 4 is 34.3 Å². The molecule has 10 heavy (non-hydrogen) atoms. The molecule has 0 rings (SSSR count). The molecule has 0 amide bonds. The van der Waals surface area contributed by atoms with Crippen LogP contribution in [0.5, 0.6) is 0 Å². The predicted octanol–water partition coefficient (Wildman–Crippen LogP) is 0.699. The molecule has 0 saturated heterocycles. The fraction of sp³-hybridized carbons (Fsp3) is 0.600. The van der Waals surface area contributed by atoms with Crippen LogP contribution < -0.4 is 5.32 Å². The fourth-order valence-electron chi connectivity index (χ4n) is 0.344. The van der Waals surface area contributed by atoms with Crippen LogP contribution in [-0.2, 0) is 4.79 Å². The van der Waals surface area contributed by atoms with Gasteiger partial charge in [0.05, 0.1) is 6.42 Å². The third kappa shape index (κ3) is 5.84. The van der Waals surface area contributed by atoms with Crippen molar-refractivity contribution in [2.24, 2.45) is 0 Å². The smallest absolute Gasteiger partial charge is 0.305 e. The minimum absolute atomic E-state index is 0.112. The highest BCUT2D eigenvalue weighted by Crippen LogP contribution is 1.92. The zero-order valence-corrected chi connectivity index (χ0v) is 7.22. The van der Waals surface area contributed by atoms with Gasteiger partial charge < -0.3 is 10.4 Å². The highest BCUT2D eigenvalue weighted by molar-refractivity contribution is 8.22. The Balaban J connectivity index is 3.20. The highest BCUT2D eigenvalue weighted by atomic mass is 32.2. The number of hydrogen-bond donors (Lipinski definition) is 2. The average Bonchev–Trinajstić information content (AvgIpc) is 1.87. The Kier molecular flexibility index (Phi) is 5.33. The van der Waals surface area contributed by atoms with E-state index in [1.807, 2.05) is 6.26 Å². The molecule has 0 aliphatic heterocycles. The van der Waals surface area contributed by atoms with E-state index in [0.29, 0.717) is 10.9 Å². The molecule has 2 N–H and O–H groups in total. The van der Waals surface area contributed by atoms with Gasteiger partial charge in [-0.1, -0.05) is 12.2 Å². The number of rotatable bonds is 3. The van der Waals surface area contributed by atoms with Gasteiger partial charge in [0.2, 0.25) is 0 Å². The Bertz CT molecular complexity index is 138. The molecule has 0 unspecified atom stereocenters. The van der Waals surface area contributed by atoms with Crippen LogP contribution in [0, 0.1) is 0 Å². The van der Waals surface area contributed by atoms with Crippen molar-refractivity contribution < 1.29 is 9.90 Å². The summed E-state index contributed by atoms with van der Waals surface area (Å²) in [6.45, 7) is 0.412. The summed E-state index contributed by atoms with van der Waals surface area (Å²) in [4.78, 5) is 9.98. The molecule has 0 radical (unpaired) electrons. The second kappa shape index (κ2) is 5.49. The van der Waals surface area contributed by atoms with E-state index in [4.69, 9.17) is 17.3 Å². The molecule has 0 spiro atoms. The maximum atomic E-state index is 9.98. The van der Waals surface area contributed by atoms with E-state index in [9.17, 15) is 4.79 Å². The first kappa shape index (κ1) is 9.71. The molecule has 0 aliphatic carbocycles. The van der Waals surface area contributed by atoms with E-state index in [0.717, 1.165) is 0 Å². The van der Waals surface area contributed by atoms with Crippen LogP contribution in [0.2, 0.25) is 0 Å². The lowest BCUT2D eigenvalue weighted by molar-refractivity contribution is -0.136. The number of nitrogens with one attached hydrogen (secondary N) is 1. The normalized spacial score (nSPS) is 8.90. The largest absolute Gasteiger partial charge is 0.481 e. The molecular weight excluding hydrogens is 170 g/mol. The first-order chi connectivity index (χ1) is 4.66. The van der Waals surface area contributed by atoms with Gasteiger partial charge in [0.1, 0.15) is 4.32 Å². The third-order valence-electron chi connectivity index (χ3n) is 0.794. The van der Waals surface area contributed by atoms with Crippen molar-refractivity contribution in [2.75, 3.05) is 12.8 Å². The minimum atomic E-state index is -0.809. The van der Waals surface area contributed by atoms with Crippen LogP contribution in [0.4, 0.5) is 0 Å². The third-order valence-corrected chi connectivity index (χ3v) is 1.95. The standard InChI is InChI=1S/C5H9NO2S2/c1-10-5(9)6-3-2-4(7)8/h2-3H2,1H3,(H,6,9)(H,7,8). The first-order valence-corrected chi connectivity index (χ1v) is 4.33. The van der Waals surface area contributed by atoms with Crippen molar-refractivity contribution in [3.05, 3.63) is 0 Å². The van der Waals surface area contributed by atoms with Gasteiger partial charge in [-0.25, -0.2) is 0 Å². The van der Waals surface area contributed by atoms with Crippen LogP contribution in [0.1, 0.15) is 6.42 Å². The van der Waals surface area contributed by atoms with E-state index in [1.54, 1.807) is 0 Å². The SMILES string of the molecule is CSC(=S)NCCC(=O)O. The molecule has 3 nitrogen and oxygen atoms in total. The number of thioether (sulfide) groups is 1. The fourth-order valence-corrected chi connectivity index (χ4v) is 0.692. The Morgan fingerprint density at radius 2 is 2.40 bits per heavy atom. The van der Waals surface area contributed by atoms with Crippen molar-refractivity contribution in [3.8, 4) is 0 Å². The molecule has 0 aromatic rings. The van der Waals surface area contributed by atoms with Gasteiger partial charge >= 0.3 is 5.97 Å². The summed E-state index contributed by atoms with van der Waals surface area (Å²) in [5, 5.41) is 11.0. The summed E-state index contributed by atoms with van der Waals surface area (Å²) < 4.78 is 0.640. The summed E-state index contributed by atoms with van der Waals surface area (Å²) >= 11 is 6.17. The maximum absolute atomic E-state index is 9.98. The highest BCUT2D eigenvalue weighted by Gasteiger charge is 1.96. The quantitative estimate of drug-likeness (QED) is 0.624. The second-order valence-corrected chi connectivity index (χ2v) is 3.05. The van der Waals surface area contributed by atoms with Crippen LogP contribution in [0.3, 0.4) is 0 Å². The average molecular weight is 179 g/mol. The molecule has 58 valence electrons. The van der Waals surface area contributed by atoms with Crippen LogP contribution in [0.15, 0.2) is 0 Å². The van der Waals surface area contributed by atoms with Crippen molar-refractivity contribution in [3.63, 3.8) is 0 Å². The lowest BCUT2D eigenvalue weighted by Crippen LogP contribution is -2.21. The van der Waals surface area contributed by atoms with Crippen LogP contribution in [-0.4, -0.2) is 28.2 Å². The molecule has 0 bridgehead atoms. The summed E-state index contributed by atoms with van der Waals surface area (Å²) in [6, 6.07) is 0. The van der Waals surface area contributed by atoms with Gasteiger partial charge in [0.15, 0.2) is 0 Å². The minimum Gasteiger partial charge on any atom is -0.481 e.